The van der Waals surface area contributed by atoms with Gasteiger partial charge in [0.25, 0.3) is 0 Å². The third-order valence-electron chi connectivity index (χ3n) is 3.53. The highest BCUT2D eigenvalue weighted by molar-refractivity contribution is 7.99. The molecule has 1 aliphatic heterocycles. The van der Waals surface area contributed by atoms with Gasteiger partial charge in [-0.25, -0.2) is 15.8 Å². The van der Waals surface area contributed by atoms with Gasteiger partial charge in [-0.3, -0.25) is 9.89 Å². The molecule has 7 nitrogen and oxygen atoms in total. The number of amides is 1. The molecule has 0 aliphatic carbocycles. The standard InChI is InChI=1S/C14H20N6OS2/c1-8-3-4-12(23-8)10-7-11(19-18-10)13(21)15-5-6-22-14-16-9(2)17-20-14/h3-4,10-11,18-19H,5-7H2,1-2H3,(H,15,21)(H,16,17,20). The highest BCUT2D eigenvalue weighted by Gasteiger charge is 2.30. The highest BCUT2D eigenvalue weighted by Crippen LogP contribution is 2.28. The Labute approximate surface area is 143 Å². The fraction of sp³-hybridized carbons (Fsp3) is 0.500. The zero-order valence-corrected chi connectivity index (χ0v) is 14.7. The molecule has 1 amide bonds. The van der Waals surface area contributed by atoms with Crippen LogP contribution in [0.25, 0.3) is 0 Å². The van der Waals surface area contributed by atoms with E-state index in [9.17, 15) is 4.79 Å². The van der Waals surface area contributed by atoms with Gasteiger partial charge in [0.15, 0.2) is 0 Å². The minimum absolute atomic E-state index is 0.0278. The molecule has 3 rings (SSSR count). The SMILES string of the molecule is Cc1nc(SCCNC(=O)C2CC(c3ccc(C)s3)NN2)n[nH]1. The van der Waals surface area contributed by atoms with Gasteiger partial charge in [-0.15, -0.1) is 16.4 Å². The number of carbonyl (C=O) groups is 1. The van der Waals surface area contributed by atoms with Crippen molar-refractivity contribution < 1.29 is 4.79 Å². The topological polar surface area (TPSA) is 94.7 Å². The minimum atomic E-state index is -0.196. The van der Waals surface area contributed by atoms with E-state index in [1.807, 2.05) is 6.92 Å². The molecule has 124 valence electrons. The normalized spacial score (nSPS) is 20.8. The van der Waals surface area contributed by atoms with Crippen molar-refractivity contribution in [1.29, 1.82) is 0 Å². The van der Waals surface area contributed by atoms with Crippen molar-refractivity contribution in [3.63, 3.8) is 0 Å². The second-order valence-electron chi connectivity index (χ2n) is 5.42. The van der Waals surface area contributed by atoms with Crippen LogP contribution >= 0.6 is 23.1 Å². The van der Waals surface area contributed by atoms with Gasteiger partial charge in [-0.1, -0.05) is 11.8 Å². The van der Waals surface area contributed by atoms with E-state index in [1.54, 1.807) is 11.3 Å². The van der Waals surface area contributed by atoms with Gasteiger partial charge in [-0.05, 0) is 32.4 Å². The first-order valence-electron chi connectivity index (χ1n) is 7.49. The summed E-state index contributed by atoms with van der Waals surface area (Å²) in [4.78, 5) is 18.9. The van der Waals surface area contributed by atoms with Crippen LogP contribution in [0.15, 0.2) is 17.3 Å². The van der Waals surface area contributed by atoms with Crippen molar-refractivity contribution in [3.8, 4) is 0 Å². The third-order valence-corrected chi connectivity index (χ3v) is 5.50. The van der Waals surface area contributed by atoms with Crippen LogP contribution < -0.4 is 16.2 Å². The van der Waals surface area contributed by atoms with Gasteiger partial charge in [0.2, 0.25) is 11.1 Å². The van der Waals surface area contributed by atoms with Crippen LogP contribution in [-0.4, -0.2) is 39.4 Å². The number of thiophene rings is 1. The molecule has 0 bridgehead atoms. The molecule has 0 saturated carbocycles. The van der Waals surface area contributed by atoms with Gasteiger partial charge < -0.3 is 5.32 Å². The minimum Gasteiger partial charge on any atom is -0.354 e. The molecular formula is C14H20N6OS2. The van der Waals surface area contributed by atoms with Crippen LogP contribution in [0.3, 0.4) is 0 Å². The van der Waals surface area contributed by atoms with Crippen molar-refractivity contribution in [2.24, 2.45) is 0 Å². The number of carbonyl (C=O) groups excluding carboxylic acids is 1. The Balaban J connectivity index is 1.39. The van der Waals surface area contributed by atoms with E-state index >= 15 is 0 Å². The average molecular weight is 352 g/mol. The molecule has 2 aromatic heterocycles. The zero-order chi connectivity index (χ0) is 16.2. The summed E-state index contributed by atoms with van der Waals surface area (Å²) < 4.78 is 0. The van der Waals surface area contributed by atoms with E-state index in [-0.39, 0.29) is 18.0 Å². The maximum Gasteiger partial charge on any atom is 0.238 e. The summed E-state index contributed by atoms with van der Waals surface area (Å²) >= 11 is 3.29. The number of aromatic amines is 1. The number of aryl methyl sites for hydroxylation is 2. The summed E-state index contributed by atoms with van der Waals surface area (Å²) in [5.74, 6) is 1.57. The smallest absolute Gasteiger partial charge is 0.238 e. The first-order chi connectivity index (χ1) is 11.1. The van der Waals surface area contributed by atoms with Crippen molar-refractivity contribution in [2.45, 2.75) is 37.5 Å². The summed E-state index contributed by atoms with van der Waals surface area (Å²) in [6, 6.07) is 4.24. The lowest BCUT2D eigenvalue weighted by Gasteiger charge is -2.09. The summed E-state index contributed by atoms with van der Waals surface area (Å²) in [5.41, 5.74) is 6.29. The molecule has 2 unspecified atom stereocenters. The molecule has 0 radical (unpaired) electrons. The van der Waals surface area contributed by atoms with Crippen LogP contribution in [-0.2, 0) is 4.79 Å². The maximum atomic E-state index is 12.2. The van der Waals surface area contributed by atoms with E-state index < -0.39 is 0 Å². The molecule has 1 fully saturated rings. The largest absolute Gasteiger partial charge is 0.354 e. The average Bonchev–Trinajstić information content (AvgIpc) is 3.24. The fourth-order valence-electron chi connectivity index (χ4n) is 2.38. The number of hydrazine groups is 1. The van der Waals surface area contributed by atoms with Gasteiger partial charge in [0.05, 0.1) is 6.04 Å². The van der Waals surface area contributed by atoms with Crippen LogP contribution in [0.1, 0.15) is 28.0 Å². The third kappa shape index (κ3) is 4.31. The molecule has 3 heterocycles. The lowest BCUT2D eigenvalue weighted by molar-refractivity contribution is -0.122. The summed E-state index contributed by atoms with van der Waals surface area (Å²) in [5, 5.41) is 10.5. The highest BCUT2D eigenvalue weighted by atomic mass is 32.2. The van der Waals surface area contributed by atoms with Gasteiger partial charge >= 0.3 is 0 Å². The Kier molecular flexibility index (Phi) is 5.31. The molecule has 0 aromatic carbocycles. The van der Waals surface area contributed by atoms with E-state index in [0.717, 1.165) is 18.0 Å². The Hall–Kier alpha value is -1.42. The predicted molar refractivity (Wildman–Crippen MR) is 91.3 cm³/mol. The van der Waals surface area contributed by atoms with Crippen LogP contribution in [0, 0.1) is 13.8 Å². The molecule has 1 aliphatic rings. The van der Waals surface area contributed by atoms with E-state index in [4.69, 9.17) is 0 Å². The van der Waals surface area contributed by atoms with Crippen molar-refractivity contribution >= 4 is 29.0 Å². The van der Waals surface area contributed by atoms with Crippen molar-refractivity contribution in [1.82, 2.24) is 31.3 Å². The number of nitrogens with one attached hydrogen (secondary N) is 4. The number of hydrogen-bond acceptors (Lipinski definition) is 7. The van der Waals surface area contributed by atoms with E-state index in [2.05, 4.69) is 50.4 Å². The lowest BCUT2D eigenvalue weighted by atomic mass is 10.1. The summed E-state index contributed by atoms with van der Waals surface area (Å²) in [6.45, 7) is 4.55. The van der Waals surface area contributed by atoms with Gasteiger partial charge in [-0.2, -0.15) is 0 Å². The Bertz CT molecular complexity index is 670. The fourth-order valence-corrected chi connectivity index (χ4v) is 4.02. The van der Waals surface area contributed by atoms with Crippen LogP contribution in [0.2, 0.25) is 0 Å². The first kappa shape index (κ1) is 16.4. The Morgan fingerprint density at radius 2 is 2.30 bits per heavy atom. The lowest BCUT2D eigenvalue weighted by Crippen LogP contribution is -2.43. The van der Waals surface area contributed by atoms with Gasteiger partial charge in [0, 0.05) is 22.1 Å². The molecule has 9 heteroatoms. The number of nitrogens with zero attached hydrogens (tertiary/aromatic N) is 2. The molecular weight excluding hydrogens is 332 g/mol. The zero-order valence-electron chi connectivity index (χ0n) is 13.0. The quantitative estimate of drug-likeness (QED) is 0.462. The molecule has 2 aromatic rings. The number of rotatable bonds is 6. The van der Waals surface area contributed by atoms with Crippen LogP contribution in [0.5, 0.6) is 0 Å². The monoisotopic (exact) mass is 352 g/mol. The molecule has 23 heavy (non-hydrogen) atoms. The predicted octanol–water partition coefficient (Wildman–Crippen LogP) is 1.30. The number of thioether (sulfide) groups is 1. The molecule has 2 atom stereocenters. The maximum absolute atomic E-state index is 12.2. The first-order valence-corrected chi connectivity index (χ1v) is 9.29. The Morgan fingerprint density at radius 3 is 3.00 bits per heavy atom. The van der Waals surface area contributed by atoms with Crippen molar-refractivity contribution in [3.05, 3.63) is 27.7 Å². The summed E-state index contributed by atoms with van der Waals surface area (Å²) in [6.07, 6.45) is 0.763. The van der Waals surface area contributed by atoms with Crippen LogP contribution in [0.4, 0.5) is 0 Å². The van der Waals surface area contributed by atoms with Gasteiger partial charge in [0.1, 0.15) is 11.9 Å². The second kappa shape index (κ2) is 7.43. The van der Waals surface area contributed by atoms with E-state index in [1.165, 1.54) is 21.5 Å². The molecule has 1 saturated heterocycles. The molecule has 0 spiro atoms. The summed E-state index contributed by atoms with van der Waals surface area (Å²) in [7, 11) is 0. The van der Waals surface area contributed by atoms with Crippen molar-refractivity contribution in [2.75, 3.05) is 12.3 Å². The number of H-pyrrole nitrogens is 1. The molecule has 4 N–H and O–H groups in total. The van der Waals surface area contributed by atoms with E-state index in [0.29, 0.717) is 11.7 Å². The number of aromatic nitrogens is 3. The number of hydrogen-bond donors (Lipinski definition) is 4. The Morgan fingerprint density at radius 1 is 1.43 bits per heavy atom. The second-order valence-corrected chi connectivity index (χ2v) is 7.80.